The lowest BCUT2D eigenvalue weighted by molar-refractivity contribution is 0.0947. The van der Waals surface area contributed by atoms with Gasteiger partial charge >= 0.3 is 0 Å². The van der Waals surface area contributed by atoms with Crippen LogP contribution in [0.3, 0.4) is 0 Å². The maximum Gasteiger partial charge on any atom is 0.254 e. The first kappa shape index (κ1) is 21.2. The van der Waals surface area contributed by atoms with Crippen molar-refractivity contribution in [2.24, 2.45) is 0 Å². The summed E-state index contributed by atoms with van der Waals surface area (Å²) in [6, 6.07) is 5.27. The number of pyridine rings is 1. The Morgan fingerprint density at radius 3 is 2.72 bits per heavy atom. The highest BCUT2D eigenvalue weighted by molar-refractivity contribution is 8.00. The average Bonchev–Trinajstić information content (AvgIpc) is 3.46. The minimum absolute atomic E-state index is 0.0473. The highest BCUT2D eigenvalue weighted by atomic mass is 32.2. The molecule has 3 heterocycles. The number of ether oxygens (including phenoxy) is 1. The molecule has 1 amide bonds. The van der Waals surface area contributed by atoms with E-state index in [1.807, 2.05) is 37.3 Å². The van der Waals surface area contributed by atoms with Gasteiger partial charge in [0.05, 0.1) is 17.4 Å². The molecule has 0 radical (unpaired) electrons. The number of carbonyl (C=O) groups is 1. The van der Waals surface area contributed by atoms with Crippen molar-refractivity contribution >= 4 is 17.7 Å². The molecule has 2 fully saturated rings. The number of aromatic nitrogens is 3. The summed E-state index contributed by atoms with van der Waals surface area (Å²) in [5.74, 6) is -0.889. The van der Waals surface area contributed by atoms with Gasteiger partial charge in [0.1, 0.15) is 5.82 Å². The summed E-state index contributed by atoms with van der Waals surface area (Å²) in [6.45, 7) is 3.44. The highest BCUT2D eigenvalue weighted by Crippen LogP contribution is 2.32. The van der Waals surface area contributed by atoms with Crippen LogP contribution in [0.4, 0.5) is 4.39 Å². The Bertz CT molecular complexity index is 1140. The first-order valence-electron chi connectivity index (χ1n) is 10.9. The first-order chi connectivity index (χ1) is 15.6. The molecule has 2 aliphatic rings. The smallest absolute Gasteiger partial charge is 0.254 e. The lowest BCUT2D eigenvalue weighted by Gasteiger charge is -2.21. The van der Waals surface area contributed by atoms with Gasteiger partial charge in [-0.05, 0) is 56.4 Å². The molecule has 1 saturated carbocycles. The van der Waals surface area contributed by atoms with Gasteiger partial charge in [0.15, 0.2) is 0 Å². The van der Waals surface area contributed by atoms with Gasteiger partial charge in [-0.3, -0.25) is 9.78 Å². The molecule has 0 unspecified atom stereocenters. The van der Waals surface area contributed by atoms with E-state index in [-0.39, 0.29) is 17.5 Å². The van der Waals surface area contributed by atoms with Gasteiger partial charge in [0.2, 0.25) is 0 Å². The molecule has 1 aromatic carbocycles. The molecule has 0 atom stereocenters. The lowest BCUT2D eigenvalue weighted by atomic mass is 10.1. The van der Waals surface area contributed by atoms with Crippen molar-refractivity contribution in [1.82, 2.24) is 20.1 Å². The number of rotatable bonds is 6. The second-order valence-corrected chi connectivity index (χ2v) is 9.75. The molecule has 1 saturated heterocycles. The molecule has 5 rings (SSSR count). The summed E-state index contributed by atoms with van der Waals surface area (Å²) in [5, 5.41) is 7.88. The summed E-state index contributed by atoms with van der Waals surface area (Å²) >= 11 is 1.84. The first-order valence-corrected chi connectivity index (χ1v) is 11.8. The van der Waals surface area contributed by atoms with Gasteiger partial charge in [-0.2, -0.15) is 5.10 Å². The fourth-order valence-corrected chi connectivity index (χ4v) is 4.93. The van der Waals surface area contributed by atoms with Crippen molar-refractivity contribution in [2.45, 2.75) is 48.8 Å². The van der Waals surface area contributed by atoms with Gasteiger partial charge in [-0.1, -0.05) is 0 Å². The Kier molecular flexibility index (Phi) is 5.97. The Morgan fingerprint density at radius 1 is 1.12 bits per heavy atom. The number of hydrogen-bond acceptors (Lipinski definition) is 5. The van der Waals surface area contributed by atoms with E-state index >= 15 is 0 Å². The Hall–Kier alpha value is -2.71. The van der Waals surface area contributed by atoms with E-state index in [1.165, 1.54) is 6.07 Å². The zero-order valence-electron chi connectivity index (χ0n) is 17.9. The average molecular weight is 453 g/mol. The number of benzene rings is 1. The minimum atomic E-state index is -0.515. The fourth-order valence-electron chi connectivity index (χ4n) is 3.80. The third kappa shape index (κ3) is 4.71. The van der Waals surface area contributed by atoms with Crippen LogP contribution >= 0.6 is 11.8 Å². The van der Waals surface area contributed by atoms with Gasteiger partial charge in [-0.25, -0.2) is 9.07 Å². The van der Waals surface area contributed by atoms with E-state index in [0.717, 1.165) is 54.9 Å². The fraction of sp³-hybridized carbons (Fsp3) is 0.375. The summed E-state index contributed by atoms with van der Waals surface area (Å²) in [6.07, 6.45) is 11.4. The summed E-state index contributed by atoms with van der Waals surface area (Å²) in [4.78, 5) is 18.0. The van der Waals surface area contributed by atoms with Gasteiger partial charge < -0.3 is 10.1 Å². The van der Waals surface area contributed by atoms with E-state index in [2.05, 4.69) is 21.5 Å². The van der Waals surface area contributed by atoms with Crippen LogP contribution in [0.25, 0.3) is 16.8 Å². The normalized spacial score (nSPS) is 16.8. The molecule has 0 spiro atoms. The second kappa shape index (κ2) is 9.03. The molecule has 3 aromatic rings. The Labute approximate surface area is 190 Å². The van der Waals surface area contributed by atoms with Crippen LogP contribution in [0.2, 0.25) is 0 Å². The number of carbonyl (C=O) groups excluding carboxylic acids is 1. The molecule has 6 nitrogen and oxygen atoms in total. The number of amides is 1. The van der Waals surface area contributed by atoms with Crippen LogP contribution in [0.15, 0.2) is 47.9 Å². The van der Waals surface area contributed by atoms with Crippen molar-refractivity contribution < 1.29 is 13.9 Å². The molecule has 1 aliphatic heterocycles. The maximum atomic E-state index is 14.5. The van der Waals surface area contributed by atoms with E-state index in [4.69, 9.17) is 4.74 Å². The molecular formula is C24H25FN4O2S. The van der Waals surface area contributed by atoms with Crippen LogP contribution < -0.4 is 5.32 Å². The van der Waals surface area contributed by atoms with Crippen molar-refractivity contribution in [3.63, 3.8) is 0 Å². The Balaban J connectivity index is 1.39. The molecule has 8 heteroatoms. The molecule has 1 N–H and O–H groups in total. The zero-order chi connectivity index (χ0) is 22.1. The minimum Gasteiger partial charge on any atom is -0.381 e. The predicted octanol–water partition coefficient (Wildman–Crippen LogP) is 4.55. The number of thioether (sulfide) groups is 1. The van der Waals surface area contributed by atoms with Crippen LogP contribution in [0.5, 0.6) is 0 Å². The largest absolute Gasteiger partial charge is 0.381 e. The van der Waals surface area contributed by atoms with Crippen LogP contribution in [-0.4, -0.2) is 45.2 Å². The van der Waals surface area contributed by atoms with Crippen molar-refractivity contribution in [2.75, 3.05) is 13.2 Å². The van der Waals surface area contributed by atoms with E-state index in [1.54, 1.807) is 16.9 Å². The van der Waals surface area contributed by atoms with Crippen LogP contribution in [0.1, 0.15) is 41.6 Å². The lowest BCUT2D eigenvalue weighted by Crippen LogP contribution is -2.26. The molecule has 0 bridgehead atoms. The van der Waals surface area contributed by atoms with E-state index in [0.29, 0.717) is 16.5 Å². The highest BCUT2D eigenvalue weighted by Gasteiger charge is 2.26. The van der Waals surface area contributed by atoms with Crippen molar-refractivity contribution in [1.29, 1.82) is 0 Å². The third-order valence-corrected chi connectivity index (χ3v) is 7.09. The topological polar surface area (TPSA) is 69.0 Å². The number of nitrogens with one attached hydrogen (secondary N) is 1. The van der Waals surface area contributed by atoms with E-state index in [9.17, 15) is 9.18 Å². The van der Waals surface area contributed by atoms with Gasteiger partial charge in [-0.15, -0.1) is 11.8 Å². The quantitative estimate of drug-likeness (QED) is 0.595. The third-order valence-electron chi connectivity index (χ3n) is 5.79. The van der Waals surface area contributed by atoms with Gasteiger partial charge in [0.25, 0.3) is 5.91 Å². The Morgan fingerprint density at radius 2 is 1.94 bits per heavy atom. The van der Waals surface area contributed by atoms with Crippen molar-refractivity contribution in [3.05, 3.63) is 59.9 Å². The van der Waals surface area contributed by atoms with Crippen LogP contribution in [0, 0.1) is 12.7 Å². The SMILES string of the molecule is Cc1cc(F)c(C(=O)NC2CC2)cc1-n1cc(-c2cncc(SC3CCOCC3)c2)cn1. The summed E-state index contributed by atoms with van der Waals surface area (Å²) in [5.41, 5.74) is 3.33. The summed E-state index contributed by atoms with van der Waals surface area (Å²) < 4.78 is 21.6. The van der Waals surface area contributed by atoms with E-state index < -0.39 is 5.82 Å². The number of halogens is 1. The summed E-state index contributed by atoms with van der Waals surface area (Å²) in [7, 11) is 0. The second-order valence-electron chi connectivity index (χ2n) is 8.38. The van der Waals surface area contributed by atoms with Gasteiger partial charge in [0, 0.05) is 59.1 Å². The van der Waals surface area contributed by atoms with Crippen molar-refractivity contribution in [3.8, 4) is 16.8 Å². The molecule has 1 aliphatic carbocycles. The standard InChI is InChI=1S/C24H25FN4O2S/c1-15-8-22(25)21(24(30)28-18-2-3-18)10-23(15)29-14-17(12-27-29)16-9-20(13-26-11-16)32-19-4-6-31-7-5-19/h8-14,18-19H,2-7H2,1H3,(H,28,30). The maximum absolute atomic E-state index is 14.5. The van der Waals surface area contributed by atoms with Crippen LogP contribution in [-0.2, 0) is 4.74 Å². The number of nitrogens with zero attached hydrogens (tertiary/aromatic N) is 3. The molecule has 32 heavy (non-hydrogen) atoms. The molecule has 2 aromatic heterocycles. The predicted molar refractivity (Wildman–Crippen MR) is 122 cm³/mol. The zero-order valence-corrected chi connectivity index (χ0v) is 18.7. The number of hydrogen-bond donors (Lipinski definition) is 1. The monoisotopic (exact) mass is 452 g/mol. The molecule has 166 valence electrons. The number of aryl methyl sites for hydroxylation is 1. The molecular weight excluding hydrogens is 427 g/mol.